The minimum Gasteiger partial charge on any atom is -0.465 e. The number of aryl methyl sites for hydroxylation is 1. The van der Waals surface area contributed by atoms with Crippen molar-refractivity contribution in [2.75, 3.05) is 12.4 Å². The molecule has 130 valence electrons. The molecule has 0 saturated carbocycles. The Bertz CT molecular complexity index is 948. The van der Waals surface area contributed by atoms with Gasteiger partial charge in [-0.25, -0.2) is 14.2 Å². The number of aromatic nitrogens is 1. The molecule has 3 aromatic rings. The van der Waals surface area contributed by atoms with E-state index in [-0.39, 0.29) is 11.8 Å². The molecule has 0 spiro atoms. The molecule has 0 bridgehead atoms. The maximum absolute atomic E-state index is 13.9. The highest BCUT2D eigenvalue weighted by molar-refractivity contribution is 7.23. The number of methoxy groups -OCH3 is 1. The van der Waals surface area contributed by atoms with Gasteiger partial charge in [-0.2, -0.15) is 0 Å². The van der Waals surface area contributed by atoms with Crippen LogP contribution < -0.4 is 5.32 Å². The Morgan fingerprint density at radius 2 is 2.08 bits per heavy atom. The van der Waals surface area contributed by atoms with E-state index in [0.717, 1.165) is 40.9 Å². The van der Waals surface area contributed by atoms with E-state index in [0.29, 0.717) is 16.2 Å². The van der Waals surface area contributed by atoms with Gasteiger partial charge in [-0.05, 0) is 43.4 Å². The fourth-order valence-corrected chi connectivity index (χ4v) is 5.44. The van der Waals surface area contributed by atoms with E-state index in [1.807, 2.05) is 6.07 Å². The molecule has 1 aliphatic rings. The Hall–Kier alpha value is -1.99. The summed E-state index contributed by atoms with van der Waals surface area (Å²) in [6.07, 6.45) is 5.29. The summed E-state index contributed by atoms with van der Waals surface area (Å²) in [5.41, 5.74) is 2.07. The third-order valence-electron chi connectivity index (χ3n) is 4.40. The number of nitrogens with one attached hydrogen (secondary N) is 1. The third-order valence-corrected chi connectivity index (χ3v) is 6.54. The van der Waals surface area contributed by atoms with Crippen LogP contribution in [0.25, 0.3) is 10.2 Å². The van der Waals surface area contributed by atoms with Gasteiger partial charge >= 0.3 is 5.97 Å². The predicted molar refractivity (Wildman–Crippen MR) is 99.8 cm³/mol. The van der Waals surface area contributed by atoms with Crippen molar-refractivity contribution in [3.8, 4) is 0 Å². The average Bonchev–Trinajstić information content (AvgIpc) is 3.09. The molecular formula is C18H17FN2O2S2. The summed E-state index contributed by atoms with van der Waals surface area (Å²) in [4.78, 5) is 18.0. The number of carbonyl (C=O) groups excluding carboxylic acids is 1. The molecular weight excluding hydrogens is 359 g/mol. The molecule has 0 atom stereocenters. The van der Waals surface area contributed by atoms with Crippen molar-refractivity contribution in [2.24, 2.45) is 0 Å². The maximum Gasteiger partial charge on any atom is 0.341 e. The molecule has 4 nitrogen and oxygen atoms in total. The van der Waals surface area contributed by atoms with Gasteiger partial charge in [0.2, 0.25) is 0 Å². The summed E-state index contributed by atoms with van der Waals surface area (Å²) in [5, 5.41) is 4.57. The maximum atomic E-state index is 13.9. The average molecular weight is 376 g/mol. The highest BCUT2D eigenvalue weighted by Gasteiger charge is 2.26. The topological polar surface area (TPSA) is 51.2 Å². The Balaban J connectivity index is 1.76. The van der Waals surface area contributed by atoms with Crippen LogP contribution in [-0.2, 0) is 17.6 Å². The molecule has 0 aliphatic heterocycles. The number of halogens is 1. The molecule has 0 radical (unpaired) electrons. The van der Waals surface area contributed by atoms with E-state index in [9.17, 15) is 9.18 Å². The Morgan fingerprint density at radius 1 is 1.24 bits per heavy atom. The molecule has 0 saturated heterocycles. The second-order valence-electron chi connectivity index (χ2n) is 5.99. The number of thiophene rings is 1. The van der Waals surface area contributed by atoms with Gasteiger partial charge in [0.15, 0.2) is 5.13 Å². The Morgan fingerprint density at radius 3 is 2.88 bits per heavy atom. The van der Waals surface area contributed by atoms with E-state index in [2.05, 4.69) is 10.3 Å². The SMILES string of the molecule is COC(=O)c1c(Nc2nc3c(F)cccc3s2)sc2c1CCCCC2. The van der Waals surface area contributed by atoms with Crippen molar-refractivity contribution in [2.45, 2.75) is 32.1 Å². The zero-order valence-electron chi connectivity index (χ0n) is 13.7. The summed E-state index contributed by atoms with van der Waals surface area (Å²) >= 11 is 2.97. The van der Waals surface area contributed by atoms with E-state index >= 15 is 0 Å². The lowest BCUT2D eigenvalue weighted by Crippen LogP contribution is -2.06. The molecule has 1 N–H and O–H groups in total. The number of nitrogens with zero attached hydrogens (tertiary/aromatic N) is 1. The van der Waals surface area contributed by atoms with E-state index < -0.39 is 0 Å². The molecule has 0 unspecified atom stereocenters. The van der Waals surface area contributed by atoms with Crippen molar-refractivity contribution in [3.05, 3.63) is 40.0 Å². The number of carbonyl (C=O) groups is 1. The first-order chi connectivity index (χ1) is 12.2. The molecule has 4 rings (SSSR count). The summed E-state index contributed by atoms with van der Waals surface area (Å²) in [6.45, 7) is 0. The fraction of sp³-hybridized carbons (Fsp3) is 0.333. The normalized spacial score (nSPS) is 14.2. The van der Waals surface area contributed by atoms with Crippen LogP contribution >= 0.6 is 22.7 Å². The lowest BCUT2D eigenvalue weighted by molar-refractivity contribution is 0.0601. The summed E-state index contributed by atoms with van der Waals surface area (Å²) < 4.78 is 19.7. The van der Waals surface area contributed by atoms with Crippen LogP contribution in [0.1, 0.15) is 40.1 Å². The first-order valence-corrected chi connectivity index (χ1v) is 9.85. The number of hydrogen-bond acceptors (Lipinski definition) is 6. The third kappa shape index (κ3) is 3.02. The molecule has 25 heavy (non-hydrogen) atoms. The minimum absolute atomic E-state index is 0.325. The van der Waals surface area contributed by atoms with Crippen molar-refractivity contribution in [3.63, 3.8) is 0 Å². The lowest BCUT2D eigenvalue weighted by Gasteiger charge is -2.06. The van der Waals surface area contributed by atoms with Crippen LogP contribution in [0.3, 0.4) is 0 Å². The van der Waals surface area contributed by atoms with Crippen LogP contribution in [0.15, 0.2) is 18.2 Å². The largest absolute Gasteiger partial charge is 0.465 e. The molecule has 1 aromatic carbocycles. The van der Waals surface area contributed by atoms with Crippen LogP contribution in [0.2, 0.25) is 0 Å². The highest BCUT2D eigenvalue weighted by atomic mass is 32.1. The van der Waals surface area contributed by atoms with Crippen LogP contribution in [0, 0.1) is 5.82 Å². The molecule has 2 heterocycles. The van der Waals surface area contributed by atoms with Gasteiger partial charge in [0.1, 0.15) is 16.3 Å². The number of benzene rings is 1. The van der Waals surface area contributed by atoms with Crippen molar-refractivity contribution in [1.82, 2.24) is 4.98 Å². The zero-order chi connectivity index (χ0) is 17.4. The van der Waals surface area contributed by atoms with Crippen LogP contribution in [0.4, 0.5) is 14.5 Å². The minimum atomic E-state index is -0.336. The lowest BCUT2D eigenvalue weighted by atomic mass is 10.1. The summed E-state index contributed by atoms with van der Waals surface area (Å²) in [7, 11) is 1.40. The monoisotopic (exact) mass is 376 g/mol. The zero-order valence-corrected chi connectivity index (χ0v) is 15.4. The number of anilines is 2. The molecule has 7 heteroatoms. The van der Waals surface area contributed by atoms with E-state index in [1.165, 1.54) is 35.8 Å². The fourth-order valence-electron chi connectivity index (χ4n) is 3.21. The second kappa shape index (κ2) is 6.72. The first-order valence-electron chi connectivity index (χ1n) is 8.22. The van der Waals surface area contributed by atoms with Gasteiger partial charge in [-0.3, -0.25) is 0 Å². The van der Waals surface area contributed by atoms with Gasteiger partial charge in [0, 0.05) is 4.88 Å². The van der Waals surface area contributed by atoms with E-state index in [1.54, 1.807) is 17.4 Å². The van der Waals surface area contributed by atoms with Gasteiger partial charge in [-0.15, -0.1) is 11.3 Å². The summed E-state index contributed by atoms with van der Waals surface area (Å²) in [6, 6.07) is 4.91. The van der Waals surface area contributed by atoms with Gasteiger partial charge in [-0.1, -0.05) is 23.8 Å². The van der Waals surface area contributed by atoms with Gasteiger partial charge in [0.05, 0.1) is 17.4 Å². The molecule has 0 amide bonds. The quantitative estimate of drug-likeness (QED) is 0.498. The predicted octanol–water partition coefficient (Wildman–Crippen LogP) is 5.30. The van der Waals surface area contributed by atoms with Crippen molar-refractivity contribution in [1.29, 1.82) is 0 Å². The smallest absolute Gasteiger partial charge is 0.341 e. The number of hydrogen-bond donors (Lipinski definition) is 1. The number of para-hydroxylation sites is 1. The summed E-state index contributed by atoms with van der Waals surface area (Å²) in [5.74, 6) is -0.661. The number of fused-ring (bicyclic) bond motifs is 2. The first kappa shape index (κ1) is 16.5. The second-order valence-corrected chi connectivity index (χ2v) is 8.13. The molecule has 0 fully saturated rings. The number of esters is 1. The number of ether oxygens (including phenoxy) is 1. The molecule has 2 aromatic heterocycles. The standard InChI is InChI=1S/C18H17FN2O2S2/c1-23-17(22)14-10-6-3-2-4-8-12(10)24-16(14)21-18-20-15-11(19)7-5-9-13(15)25-18/h5,7,9H,2-4,6,8H2,1H3,(H,20,21). The van der Waals surface area contributed by atoms with Gasteiger partial charge in [0.25, 0.3) is 0 Å². The number of rotatable bonds is 3. The van der Waals surface area contributed by atoms with Crippen LogP contribution in [-0.4, -0.2) is 18.1 Å². The van der Waals surface area contributed by atoms with Crippen LogP contribution in [0.5, 0.6) is 0 Å². The Labute approximate surface area is 152 Å². The Kier molecular flexibility index (Phi) is 4.43. The van der Waals surface area contributed by atoms with Crippen molar-refractivity contribution < 1.29 is 13.9 Å². The molecule has 1 aliphatic carbocycles. The number of thiazole rings is 1. The van der Waals surface area contributed by atoms with E-state index in [4.69, 9.17) is 4.74 Å². The van der Waals surface area contributed by atoms with Gasteiger partial charge < -0.3 is 10.1 Å². The van der Waals surface area contributed by atoms with Crippen molar-refractivity contribution >= 4 is 49.0 Å². The highest BCUT2D eigenvalue weighted by Crippen LogP contribution is 2.40.